The van der Waals surface area contributed by atoms with Gasteiger partial charge in [-0.05, 0) is 31.7 Å². The van der Waals surface area contributed by atoms with Crippen molar-refractivity contribution < 1.29 is 0 Å². The lowest BCUT2D eigenvalue weighted by atomic mass is 9.86. The Balaban J connectivity index is 2.30. The highest BCUT2D eigenvalue weighted by Gasteiger charge is 2.20. The van der Waals surface area contributed by atoms with Crippen LogP contribution in [0, 0.1) is 18.3 Å². The van der Waals surface area contributed by atoms with Gasteiger partial charge in [-0.1, -0.05) is 19.3 Å². The second-order valence-electron chi connectivity index (χ2n) is 4.32. The molecule has 2 nitrogen and oxygen atoms in total. The lowest BCUT2D eigenvalue weighted by molar-refractivity contribution is 0.215. The van der Waals surface area contributed by atoms with Crippen LogP contribution in [0.5, 0.6) is 0 Å². The van der Waals surface area contributed by atoms with Gasteiger partial charge in [-0.25, -0.2) is 0 Å². The fraction of sp³-hybridized carbons (Fsp3) is 0.833. The Labute approximate surface area is 87.8 Å². The molecule has 2 atom stereocenters. The zero-order chi connectivity index (χ0) is 10.4. The second kappa shape index (κ2) is 6.06. The third-order valence-electron chi connectivity index (χ3n) is 3.10. The third kappa shape index (κ3) is 3.69. The summed E-state index contributed by atoms with van der Waals surface area (Å²) in [6.07, 6.45) is 10.3. The van der Waals surface area contributed by atoms with Crippen molar-refractivity contribution in [2.24, 2.45) is 11.7 Å². The van der Waals surface area contributed by atoms with Gasteiger partial charge in [-0.3, -0.25) is 4.90 Å². The first-order valence-corrected chi connectivity index (χ1v) is 5.67. The van der Waals surface area contributed by atoms with Crippen LogP contribution in [0.2, 0.25) is 0 Å². The van der Waals surface area contributed by atoms with E-state index in [0.29, 0.717) is 6.04 Å². The summed E-state index contributed by atoms with van der Waals surface area (Å²) in [6, 6.07) is 0.429. The summed E-state index contributed by atoms with van der Waals surface area (Å²) >= 11 is 0. The number of nitrogens with zero attached hydrogens (tertiary/aromatic N) is 1. The maximum Gasteiger partial charge on any atom is 0.0598 e. The van der Waals surface area contributed by atoms with Crippen LogP contribution in [0.4, 0.5) is 0 Å². The van der Waals surface area contributed by atoms with E-state index in [1.807, 2.05) is 0 Å². The lowest BCUT2D eigenvalue weighted by Crippen LogP contribution is -2.36. The molecule has 0 radical (unpaired) electrons. The SMILES string of the molecule is C#CCN(CC)CC1CCCC(N)C1. The summed E-state index contributed by atoms with van der Waals surface area (Å²) in [4.78, 5) is 2.34. The van der Waals surface area contributed by atoms with Gasteiger partial charge in [0.2, 0.25) is 0 Å². The molecule has 1 aliphatic carbocycles. The molecule has 2 N–H and O–H groups in total. The van der Waals surface area contributed by atoms with E-state index in [-0.39, 0.29) is 0 Å². The molecule has 2 heteroatoms. The van der Waals surface area contributed by atoms with Crippen molar-refractivity contribution in [2.75, 3.05) is 19.6 Å². The summed E-state index contributed by atoms with van der Waals surface area (Å²) in [7, 11) is 0. The number of hydrogen-bond donors (Lipinski definition) is 1. The Morgan fingerprint density at radius 3 is 2.86 bits per heavy atom. The van der Waals surface area contributed by atoms with Crippen molar-refractivity contribution in [3.63, 3.8) is 0 Å². The first kappa shape index (κ1) is 11.6. The average Bonchev–Trinajstić information content (AvgIpc) is 2.17. The summed E-state index contributed by atoms with van der Waals surface area (Å²) in [5, 5.41) is 0. The molecule has 1 fully saturated rings. The zero-order valence-electron chi connectivity index (χ0n) is 9.21. The van der Waals surface area contributed by atoms with Crippen LogP contribution in [0.3, 0.4) is 0 Å². The highest BCUT2D eigenvalue weighted by atomic mass is 15.1. The Bertz CT molecular complexity index is 195. The summed E-state index contributed by atoms with van der Waals surface area (Å²) in [5.41, 5.74) is 5.96. The molecule has 0 spiro atoms. The first-order chi connectivity index (χ1) is 6.76. The molecule has 1 aliphatic rings. The molecule has 14 heavy (non-hydrogen) atoms. The molecule has 1 rings (SSSR count). The van der Waals surface area contributed by atoms with Gasteiger partial charge < -0.3 is 5.73 Å². The van der Waals surface area contributed by atoms with E-state index in [9.17, 15) is 0 Å². The maximum absolute atomic E-state index is 5.96. The molecule has 0 aromatic carbocycles. The Kier molecular flexibility index (Phi) is 5.00. The van der Waals surface area contributed by atoms with Crippen LogP contribution in [0.15, 0.2) is 0 Å². The van der Waals surface area contributed by atoms with E-state index in [4.69, 9.17) is 12.2 Å². The Hall–Kier alpha value is -0.520. The lowest BCUT2D eigenvalue weighted by Gasteiger charge is -2.30. The van der Waals surface area contributed by atoms with Crippen molar-refractivity contribution in [2.45, 2.75) is 38.6 Å². The van der Waals surface area contributed by atoms with Crippen molar-refractivity contribution in [3.05, 3.63) is 0 Å². The predicted octanol–water partition coefficient (Wildman–Crippen LogP) is 1.46. The van der Waals surface area contributed by atoms with Gasteiger partial charge in [-0.2, -0.15) is 0 Å². The average molecular weight is 194 g/mol. The van der Waals surface area contributed by atoms with Gasteiger partial charge in [0.15, 0.2) is 0 Å². The van der Waals surface area contributed by atoms with Crippen LogP contribution in [-0.4, -0.2) is 30.6 Å². The fourth-order valence-corrected chi connectivity index (χ4v) is 2.30. The third-order valence-corrected chi connectivity index (χ3v) is 3.10. The number of hydrogen-bond acceptors (Lipinski definition) is 2. The number of rotatable bonds is 4. The standard InChI is InChI=1S/C12H22N2/c1-3-8-14(4-2)10-11-6-5-7-12(13)9-11/h1,11-12H,4-10,13H2,2H3. The van der Waals surface area contributed by atoms with E-state index < -0.39 is 0 Å². The number of terminal acetylenes is 1. The minimum atomic E-state index is 0.429. The monoisotopic (exact) mass is 194 g/mol. The molecule has 0 saturated heterocycles. The van der Waals surface area contributed by atoms with Crippen LogP contribution in [0.25, 0.3) is 0 Å². The zero-order valence-corrected chi connectivity index (χ0v) is 9.21. The molecule has 0 aromatic rings. The molecule has 0 heterocycles. The van der Waals surface area contributed by atoms with Crippen LogP contribution in [0.1, 0.15) is 32.6 Å². The summed E-state index contributed by atoms with van der Waals surface area (Å²) in [5.74, 6) is 3.48. The van der Waals surface area contributed by atoms with Gasteiger partial charge in [-0.15, -0.1) is 6.42 Å². The Morgan fingerprint density at radius 1 is 1.50 bits per heavy atom. The van der Waals surface area contributed by atoms with E-state index >= 15 is 0 Å². The minimum Gasteiger partial charge on any atom is -0.328 e. The highest BCUT2D eigenvalue weighted by Crippen LogP contribution is 2.23. The molecule has 80 valence electrons. The molecule has 0 aliphatic heterocycles. The molecule has 0 amide bonds. The quantitative estimate of drug-likeness (QED) is 0.687. The highest BCUT2D eigenvalue weighted by molar-refractivity contribution is 4.89. The van der Waals surface area contributed by atoms with Crippen LogP contribution in [-0.2, 0) is 0 Å². The topological polar surface area (TPSA) is 29.3 Å². The minimum absolute atomic E-state index is 0.429. The van der Waals surface area contributed by atoms with Crippen molar-refractivity contribution in [3.8, 4) is 12.3 Å². The first-order valence-electron chi connectivity index (χ1n) is 5.67. The maximum atomic E-state index is 5.96. The predicted molar refractivity (Wildman–Crippen MR) is 60.9 cm³/mol. The smallest absolute Gasteiger partial charge is 0.0598 e. The van der Waals surface area contributed by atoms with Gasteiger partial charge >= 0.3 is 0 Å². The second-order valence-corrected chi connectivity index (χ2v) is 4.32. The molecule has 0 aromatic heterocycles. The summed E-state index contributed by atoms with van der Waals surface area (Å²) in [6.45, 7) is 5.13. The van der Waals surface area contributed by atoms with Gasteiger partial charge in [0.05, 0.1) is 6.54 Å². The van der Waals surface area contributed by atoms with E-state index in [2.05, 4.69) is 17.7 Å². The van der Waals surface area contributed by atoms with Crippen molar-refractivity contribution in [1.29, 1.82) is 0 Å². The molecule has 0 bridgehead atoms. The van der Waals surface area contributed by atoms with Gasteiger partial charge in [0.25, 0.3) is 0 Å². The largest absolute Gasteiger partial charge is 0.328 e. The molecule has 1 saturated carbocycles. The van der Waals surface area contributed by atoms with Crippen molar-refractivity contribution >= 4 is 0 Å². The summed E-state index contributed by atoms with van der Waals surface area (Å²) < 4.78 is 0. The van der Waals surface area contributed by atoms with E-state index in [1.165, 1.54) is 25.7 Å². The Morgan fingerprint density at radius 2 is 2.29 bits per heavy atom. The van der Waals surface area contributed by atoms with Crippen LogP contribution >= 0.6 is 0 Å². The molecular weight excluding hydrogens is 172 g/mol. The normalized spacial score (nSPS) is 27.6. The molecular formula is C12H22N2. The van der Waals surface area contributed by atoms with Gasteiger partial charge in [0, 0.05) is 12.6 Å². The van der Waals surface area contributed by atoms with Gasteiger partial charge in [0.1, 0.15) is 0 Å². The van der Waals surface area contributed by atoms with E-state index in [1.54, 1.807) is 0 Å². The van der Waals surface area contributed by atoms with Crippen LogP contribution < -0.4 is 5.73 Å². The number of nitrogens with two attached hydrogens (primary N) is 1. The molecule has 2 unspecified atom stereocenters. The fourth-order valence-electron chi connectivity index (χ4n) is 2.30. The van der Waals surface area contributed by atoms with E-state index in [0.717, 1.165) is 25.6 Å². The van der Waals surface area contributed by atoms with Crippen molar-refractivity contribution in [1.82, 2.24) is 4.90 Å².